The van der Waals surface area contributed by atoms with Gasteiger partial charge in [0.15, 0.2) is 0 Å². The number of hydrogen-bond donors (Lipinski definition) is 0. The summed E-state index contributed by atoms with van der Waals surface area (Å²) in [5.41, 5.74) is 8.47. The van der Waals surface area contributed by atoms with E-state index in [2.05, 4.69) is 193 Å². The van der Waals surface area contributed by atoms with Crippen LogP contribution in [-0.2, 0) is 0 Å². The third kappa shape index (κ3) is 4.89. The van der Waals surface area contributed by atoms with Gasteiger partial charge in [-0.05, 0) is 86.3 Å². The molecule has 53 heavy (non-hydrogen) atoms. The lowest BCUT2D eigenvalue weighted by molar-refractivity contribution is 1.33. The predicted octanol–water partition coefficient (Wildman–Crippen LogP) is 15.5. The zero-order valence-corrected chi connectivity index (χ0v) is 30.3. The number of hydrogen-bond acceptors (Lipinski definition) is 3. The van der Waals surface area contributed by atoms with Crippen molar-refractivity contribution < 1.29 is 0 Å². The maximum Gasteiger partial charge on any atom is 0.0555 e. The molecule has 0 bridgehead atoms. The maximum absolute atomic E-state index is 2.53. The van der Waals surface area contributed by atoms with Crippen molar-refractivity contribution in [1.29, 1.82) is 0 Å². The fraction of sp³-hybridized carbons (Fsp3) is 0. The number of thiophene rings is 2. The molecular weight excluding hydrogens is 679 g/mol. The minimum absolute atomic E-state index is 1.14. The van der Waals surface area contributed by atoms with Gasteiger partial charge in [0.25, 0.3) is 0 Å². The molecule has 0 aliphatic rings. The van der Waals surface area contributed by atoms with Crippen molar-refractivity contribution in [3.8, 4) is 22.3 Å². The summed E-state index contributed by atoms with van der Waals surface area (Å²) in [6.07, 6.45) is 0. The van der Waals surface area contributed by atoms with Gasteiger partial charge in [-0.25, -0.2) is 0 Å². The molecule has 3 heteroatoms. The van der Waals surface area contributed by atoms with E-state index in [1.807, 2.05) is 22.7 Å². The minimum atomic E-state index is 1.14. The second-order valence-electron chi connectivity index (χ2n) is 13.7. The van der Waals surface area contributed by atoms with Crippen LogP contribution in [0.3, 0.4) is 0 Å². The molecule has 0 amide bonds. The van der Waals surface area contributed by atoms with Gasteiger partial charge in [-0.2, -0.15) is 0 Å². The van der Waals surface area contributed by atoms with Gasteiger partial charge in [-0.3, -0.25) is 0 Å². The topological polar surface area (TPSA) is 3.24 Å². The van der Waals surface area contributed by atoms with Crippen molar-refractivity contribution in [2.75, 3.05) is 4.90 Å². The Balaban J connectivity index is 1.24. The van der Waals surface area contributed by atoms with Crippen LogP contribution in [0, 0.1) is 0 Å². The van der Waals surface area contributed by atoms with Crippen molar-refractivity contribution in [3.63, 3.8) is 0 Å². The summed E-state index contributed by atoms with van der Waals surface area (Å²) < 4.78 is 5.18. The Hall–Kier alpha value is -6.26. The van der Waals surface area contributed by atoms with Crippen LogP contribution in [0.15, 0.2) is 188 Å². The normalized spacial score (nSPS) is 11.8. The number of nitrogens with zero attached hydrogens (tertiary/aromatic N) is 1. The zero-order chi connectivity index (χ0) is 34.9. The molecule has 0 aliphatic heterocycles. The monoisotopic (exact) mass is 709 g/mol. The molecule has 0 saturated heterocycles. The van der Waals surface area contributed by atoms with Crippen LogP contribution in [0.25, 0.3) is 84.1 Å². The highest BCUT2D eigenvalue weighted by molar-refractivity contribution is 7.26. The van der Waals surface area contributed by atoms with Crippen LogP contribution in [0.5, 0.6) is 0 Å². The molecule has 9 aromatic carbocycles. The van der Waals surface area contributed by atoms with E-state index in [1.165, 1.54) is 95.5 Å². The van der Waals surface area contributed by atoms with Crippen molar-refractivity contribution in [2.45, 2.75) is 0 Å². The molecule has 248 valence electrons. The SMILES string of the molecule is c1ccc(-c2ccc3c(c2)sc2c(-c4ccccc4)ccc(N(c4ccc5c(ccc6ccccc65)c4)c4cccc5sc6ccccc6c45)c23)cc1. The van der Waals surface area contributed by atoms with Gasteiger partial charge in [-0.15, -0.1) is 22.7 Å². The molecule has 0 atom stereocenters. The van der Waals surface area contributed by atoms with Crippen LogP contribution in [-0.4, -0.2) is 0 Å². The highest BCUT2D eigenvalue weighted by Crippen LogP contribution is 2.51. The highest BCUT2D eigenvalue weighted by Gasteiger charge is 2.24. The zero-order valence-electron chi connectivity index (χ0n) is 28.7. The summed E-state index contributed by atoms with van der Waals surface area (Å²) in [6, 6.07) is 69.2. The van der Waals surface area contributed by atoms with Crippen LogP contribution in [0.2, 0.25) is 0 Å². The second-order valence-corrected chi connectivity index (χ2v) is 15.8. The third-order valence-electron chi connectivity index (χ3n) is 10.6. The van der Waals surface area contributed by atoms with E-state index >= 15 is 0 Å². The van der Waals surface area contributed by atoms with Crippen LogP contribution < -0.4 is 4.90 Å². The van der Waals surface area contributed by atoms with Crippen LogP contribution in [0.4, 0.5) is 17.1 Å². The van der Waals surface area contributed by atoms with E-state index in [-0.39, 0.29) is 0 Å². The average Bonchev–Trinajstić information content (AvgIpc) is 3.81. The first kappa shape index (κ1) is 30.4. The lowest BCUT2D eigenvalue weighted by Crippen LogP contribution is -2.11. The highest BCUT2D eigenvalue weighted by atomic mass is 32.1. The Morgan fingerprint density at radius 1 is 0.340 bits per heavy atom. The van der Waals surface area contributed by atoms with Gasteiger partial charge >= 0.3 is 0 Å². The lowest BCUT2D eigenvalue weighted by Gasteiger charge is -2.28. The summed E-state index contributed by atoms with van der Waals surface area (Å²) in [5.74, 6) is 0. The van der Waals surface area contributed by atoms with E-state index < -0.39 is 0 Å². The number of fused-ring (bicyclic) bond motifs is 9. The van der Waals surface area contributed by atoms with Crippen LogP contribution >= 0.6 is 22.7 Å². The van der Waals surface area contributed by atoms with E-state index in [0.717, 1.165) is 5.69 Å². The molecule has 0 N–H and O–H groups in total. The van der Waals surface area contributed by atoms with E-state index in [9.17, 15) is 0 Å². The quantitative estimate of drug-likeness (QED) is 0.161. The lowest BCUT2D eigenvalue weighted by atomic mass is 9.98. The molecule has 0 aliphatic carbocycles. The van der Waals surface area contributed by atoms with Gasteiger partial charge in [0.2, 0.25) is 0 Å². The van der Waals surface area contributed by atoms with Gasteiger partial charge in [0, 0.05) is 46.0 Å². The molecule has 2 heterocycles. The first-order valence-corrected chi connectivity index (χ1v) is 19.6. The largest absolute Gasteiger partial charge is 0.309 e. The van der Waals surface area contributed by atoms with E-state index in [1.54, 1.807) is 0 Å². The molecule has 0 unspecified atom stereocenters. The smallest absolute Gasteiger partial charge is 0.0555 e. The van der Waals surface area contributed by atoms with Gasteiger partial charge < -0.3 is 4.90 Å². The van der Waals surface area contributed by atoms with Crippen molar-refractivity contribution in [2.24, 2.45) is 0 Å². The van der Waals surface area contributed by atoms with E-state index in [0.29, 0.717) is 0 Å². The summed E-state index contributed by atoms with van der Waals surface area (Å²) in [7, 11) is 0. The average molecular weight is 710 g/mol. The summed E-state index contributed by atoms with van der Waals surface area (Å²) >= 11 is 3.77. The Labute approximate surface area is 315 Å². The minimum Gasteiger partial charge on any atom is -0.309 e. The van der Waals surface area contributed by atoms with Crippen molar-refractivity contribution in [1.82, 2.24) is 0 Å². The fourth-order valence-corrected chi connectivity index (χ4v) is 10.6. The molecule has 1 nitrogen and oxygen atoms in total. The predicted molar refractivity (Wildman–Crippen MR) is 233 cm³/mol. The first-order chi connectivity index (χ1) is 26.3. The standard InChI is InChI=1S/C50H31NS2/c1-3-12-32(13-4-1)35-24-26-42-47(31-35)53-50-40(33-14-5-2-6-15-33)28-29-44(49(42)50)51(43-19-11-21-46-48(43)41-18-9-10-20-45(41)52-46)37-25-27-39-36(30-37)23-22-34-16-7-8-17-38(34)39/h1-31H. The number of benzene rings is 9. The van der Waals surface area contributed by atoms with Crippen molar-refractivity contribution in [3.05, 3.63) is 188 Å². The number of rotatable bonds is 5. The van der Waals surface area contributed by atoms with E-state index in [4.69, 9.17) is 0 Å². The first-order valence-electron chi connectivity index (χ1n) is 18.0. The summed E-state index contributed by atoms with van der Waals surface area (Å²) in [6.45, 7) is 0. The van der Waals surface area contributed by atoms with Crippen LogP contribution in [0.1, 0.15) is 0 Å². The molecule has 0 spiro atoms. The molecular formula is C50H31NS2. The molecule has 0 radical (unpaired) electrons. The molecule has 11 rings (SSSR count). The number of anilines is 3. The molecule has 0 saturated carbocycles. The second kappa shape index (κ2) is 12.2. The van der Waals surface area contributed by atoms with Crippen molar-refractivity contribution >= 4 is 102 Å². The molecule has 0 fully saturated rings. The Bertz CT molecular complexity index is 3170. The fourth-order valence-electron chi connectivity index (χ4n) is 8.19. The maximum atomic E-state index is 2.53. The molecule has 11 aromatic rings. The Kier molecular flexibility index (Phi) is 6.97. The van der Waals surface area contributed by atoms with Gasteiger partial charge in [0.05, 0.1) is 11.4 Å². The summed E-state index contributed by atoms with van der Waals surface area (Å²) in [5, 5.41) is 10.2. The summed E-state index contributed by atoms with van der Waals surface area (Å²) in [4.78, 5) is 2.53. The third-order valence-corrected chi connectivity index (χ3v) is 13.0. The Morgan fingerprint density at radius 3 is 1.87 bits per heavy atom. The molecule has 2 aromatic heterocycles. The van der Waals surface area contributed by atoms with Gasteiger partial charge in [-0.1, -0.05) is 146 Å². The Morgan fingerprint density at radius 2 is 1.00 bits per heavy atom. The van der Waals surface area contributed by atoms with Gasteiger partial charge in [0.1, 0.15) is 0 Å².